The molecule has 3 nitrogen and oxygen atoms in total. The molecule has 1 aromatic heterocycles. The van der Waals surface area contributed by atoms with Crippen molar-refractivity contribution in [2.45, 2.75) is 18.9 Å². The predicted molar refractivity (Wildman–Crippen MR) is 69.2 cm³/mol. The number of rotatable bonds is 3. The van der Waals surface area contributed by atoms with Gasteiger partial charge >= 0.3 is 0 Å². The van der Waals surface area contributed by atoms with Crippen molar-refractivity contribution in [2.75, 3.05) is 18.5 Å². The van der Waals surface area contributed by atoms with Crippen LogP contribution in [0, 0.1) is 0 Å². The molecule has 0 amide bonds. The van der Waals surface area contributed by atoms with Crippen LogP contribution in [0.3, 0.4) is 0 Å². The molecule has 0 aliphatic carbocycles. The highest BCUT2D eigenvalue weighted by Gasteiger charge is 2.15. The second kappa shape index (κ2) is 4.72. The molecular formula is C14H16N2O. The summed E-state index contributed by atoms with van der Waals surface area (Å²) in [6.45, 7) is 1.79. The van der Waals surface area contributed by atoms with E-state index in [1.165, 1.54) is 17.2 Å². The summed E-state index contributed by atoms with van der Waals surface area (Å²) >= 11 is 0. The van der Waals surface area contributed by atoms with Gasteiger partial charge in [-0.15, -0.1) is 0 Å². The number of pyridine rings is 1. The molecule has 17 heavy (non-hydrogen) atoms. The molecule has 1 fully saturated rings. The second-order valence-electron chi connectivity index (χ2n) is 4.42. The van der Waals surface area contributed by atoms with E-state index < -0.39 is 0 Å². The first-order chi connectivity index (χ1) is 8.43. The summed E-state index contributed by atoms with van der Waals surface area (Å²) in [7, 11) is 0. The lowest BCUT2D eigenvalue weighted by Gasteiger charge is -2.13. The van der Waals surface area contributed by atoms with E-state index in [4.69, 9.17) is 4.74 Å². The molecule has 1 aliphatic rings. The van der Waals surface area contributed by atoms with Crippen LogP contribution in [0.25, 0.3) is 10.8 Å². The first kappa shape index (κ1) is 10.5. The molecule has 3 rings (SSSR count). The molecular weight excluding hydrogens is 212 g/mol. The van der Waals surface area contributed by atoms with E-state index in [2.05, 4.69) is 28.5 Å². The van der Waals surface area contributed by atoms with Gasteiger partial charge in [-0.1, -0.05) is 12.1 Å². The molecule has 0 spiro atoms. The summed E-state index contributed by atoms with van der Waals surface area (Å²) in [5, 5.41) is 5.86. The highest BCUT2D eigenvalue weighted by molar-refractivity contribution is 5.93. The van der Waals surface area contributed by atoms with Gasteiger partial charge in [-0.3, -0.25) is 4.98 Å². The number of ether oxygens (including phenoxy) is 1. The van der Waals surface area contributed by atoms with Gasteiger partial charge in [0, 0.05) is 36.6 Å². The minimum Gasteiger partial charge on any atom is -0.382 e. The van der Waals surface area contributed by atoms with Gasteiger partial charge in [0.15, 0.2) is 0 Å². The molecule has 1 aliphatic heterocycles. The van der Waals surface area contributed by atoms with Crippen molar-refractivity contribution >= 4 is 16.5 Å². The summed E-state index contributed by atoms with van der Waals surface area (Å²) in [5.41, 5.74) is 1.14. The Kier molecular flexibility index (Phi) is 2.92. The van der Waals surface area contributed by atoms with Gasteiger partial charge < -0.3 is 10.1 Å². The van der Waals surface area contributed by atoms with E-state index >= 15 is 0 Å². The van der Waals surface area contributed by atoms with Crippen molar-refractivity contribution in [2.24, 2.45) is 0 Å². The second-order valence-corrected chi connectivity index (χ2v) is 4.42. The summed E-state index contributed by atoms with van der Waals surface area (Å²) in [6, 6.07) is 8.31. The fourth-order valence-electron chi connectivity index (χ4n) is 2.30. The molecule has 2 heterocycles. The minimum absolute atomic E-state index is 0.363. The monoisotopic (exact) mass is 228 g/mol. The summed E-state index contributed by atoms with van der Waals surface area (Å²) in [6.07, 6.45) is 6.45. The largest absolute Gasteiger partial charge is 0.382 e. The molecule has 1 aromatic carbocycles. The number of hydrogen-bond acceptors (Lipinski definition) is 3. The average Bonchev–Trinajstić information content (AvgIpc) is 2.89. The van der Waals surface area contributed by atoms with Gasteiger partial charge in [-0.05, 0) is 30.4 Å². The molecule has 2 aromatic rings. The van der Waals surface area contributed by atoms with Gasteiger partial charge in [0.2, 0.25) is 0 Å². The summed E-state index contributed by atoms with van der Waals surface area (Å²) in [4.78, 5) is 4.18. The predicted octanol–water partition coefficient (Wildman–Crippen LogP) is 2.83. The molecule has 1 unspecified atom stereocenters. The van der Waals surface area contributed by atoms with Crippen molar-refractivity contribution < 1.29 is 4.74 Å². The van der Waals surface area contributed by atoms with Crippen LogP contribution in [0.2, 0.25) is 0 Å². The fourth-order valence-corrected chi connectivity index (χ4v) is 2.30. The van der Waals surface area contributed by atoms with Crippen LogP contribution in [0.15, 0.2) is 36.7 Å². The van der Waals surface area contributed by atoms with Gasteiger partial charge in [0.25, 0.3) is 0 Å². The number of nitrogens with zero attached hydrogens (tertiary/aromatic N) is 1. The first-order valence-electron chi connectivity index (χ1n) is 6.12. The molecule has 1 atom stereocenters. The number of fused-ring (bicyclic) bond motifs is 1. The Morgan fingerprint density at radius 1 is 1.35 bits per heavy atom. The van der Waals surface area contributed by atoms with E-state index in [9.17, 15) is 0 Å². The third-order valence-electron chi connectivity index (χ3n) is 3.23. The molecule has 0 bridgehead atoms. The Hall–Kier alpha value is -1.61. The Morgan fingerprint density at radius 3 is 3.24 bits per heavy atom. The number of aromatic nitrogens is 1. The van der Waals surface area contributed by atoms with Gasteiger partial charge in [0.1, 0.15) is 0 Å². The fraction of sp³-hybridized carbons (Fsp3) is 0.357. The van der Waals surface area contributed by atoms with Crippen molar-refractivity contribution in [3.05, 3.63) is 36.7 Å². The van der Waals surface area contributed by atoms with Gasteiger partial charge in [-0.2, -0.15) is 0 Å². The van der Waals surface area contributed by atoms with Crippen molar-refractivity contribution in [3.63, 3.8) is 0 Å². The molecule has 0 radical (unpaired) electrons. The van der Waals surface area contributed by atoms with E-state index in [1.54, 1.807) is 0 Å². The van der Waals surface area contributed by atoms with E-state index in [1.807, 2.05) is 18.5 Å². The lowest BCUT2D eigenvalue weighted by atomic mass is 10.1. The third-order valence-corrected chi connectivity index (χ3v) is 3.23. The van der Waals surface area contributed by atoms with Crippen molar-refractivity contribution in [1.82, 2.24) is 4.98 Å². The van der Waals surface area contributed by atoms with Crippen LogP contribution in [0.1, 0.15) is 12.8 Å². The number of benzene rings is 1. The quantitative estimate of drug-likeness (QED) is 0.877. The average molecular weight is 228 g/mol. The van der Waals surface area contributed by atoms with Crippen molar-refractivity contribution in [1.29, 1.82) is 0 Å². The highest BCUT2D eigenvalue weighted by atomic mass is 16.5. The standard InChI is InChI=1S/C14H16N2O/c1-3-11-6-7-15-10-13(11)14(5-1)16-9-12-4-2-8-17-12/h1,3,5-7,10,12,16H,2,4,8-9H2. The van der Waals surface area contributed by atoms with Crippen LogP contribution < -0.4 is 5.32 Å². The Balaban J connectivity index is 1.79. The van der Waals surface area contributed by atoms with Crippen molar-refractivity contribution in [3.8, 4) is 0 Å². The summed E-state index contributed by atoms with van der Waals surface area (Å²) in [5.74, 6) is 0. The van der Waals surface area contributed by atoms with Gasteiger partial charge in [-0.25, -0.2) is 0 Å². The lowest BCUT2D eigenvalue weighted by Crippen LogP contribution is -2.18. The zero-order valence-electron chi connectivity index (χ0n) is 9.73. The molecule has 1 N–H and O–H groups in total. The van der Waals surface area contributed by atoms with Crippen LogP contribution in [0.5, 0.6) is 0 Å². The number of anilines is 1. The van der Waals surface area contributed by atoms with Crippen LogP contribution in [-0.2, 0) is 4.74 Å². The molecule has 0 saturated carbocycles. The van der Waals surface area contributed by atoms with E-state index in [-0.39, 0.29) is 0 Å². The topological polar surface area (TPSA) is 34.1 Å². The smallest absolute Gasteiger partial charge is 0.0748 e. The Bertz CT molecular complexity index is 501. The molecule has 3 heteroatoms. The van der Waals surface area contributed by atoms with Crippen LogP contribution in [0.4, 0.5) is 5.69 Å². The minimum atomic E-state index is 0.363. The maximum absolute atomic E-state index is 5.61. The van der Waals surface area contributed by atoms with E-state index in [0.717, 1.165) is 25.3 Å². The summed E-state index contributed by atoms with van der Waals surface area (Å²) < 4.78 is 5.61. The Morgan fingerprint density at radius 2 is 2.35 bits per heavy atom. The molecule has 88 valence electrons. The maximum atomic E-state index is 5.61. The van der Waals surface area contributed by atoms with Gasteiger partial charge in [0.05, 0.1) is 6.10 Å². The van der Waals surface area contributed by atoms with Crippen LogP contribution in [-0.4, -0.2) is 24.2 Å². The highest BCUT2D eigenvalue weighted by Crippen LogP contribution is 2.22. The third kappa shape index (κ3) is 2.24. The first-order valence-corrected chi connectivity index (χ1v) is 6.12. The Labute approximate surface area is 101 Å². The molecule has 1 saturated heterocycles. The number of nitrogens with one attached hydrogen (secondary N) is 1. The van der Waals surface area contributed by atoms with E-state index in [0.29, 0.717) is 6.10 Å². The number of hydrogen-bond donors (Lipinski definition) is 1. The zero-order chi connectivity index (χ0) is 11.5. The lowest BCUT2D eigenvalue weighted by molar-refractivity contribution is 0.120. The zero-order valence-corrected chi connectivity index (χ0v) is 9.73. The van der Waals surface area contributed by atoms with Crippen LogP contribution >= 0.6 is 0 Å². The maximum Gasteiger partial charge on any atom is 0.0748 e. The normalized spacial score (nSPS) is 19.6. The SMILES string of the molecule is c1cc(NCC2CCCO2)c2cnccc2c1.